The van der Waals surface area contributed by atoms with Crippen LogP contribution >= 0.6 is 0 Å². The summed E-state index contributed by atoms with van der Waals surface area (Å²) < 4.78 is 127. The van der Waals surface area contributed by atoms with Gasteiger partial charge in [0.25, 0.3) is 5.91 Å². The van der Waals surface area contributed by atoms with Crippen molar-refractivity contribution in [2.75, 3.05) is 0 Å². The van der Waals surface area contributed by atoms with Crippen LogP contribution in [-0.4, -0.2) is 24.3 Å². The van der Waals surface area contributed by atoms with Crippen molar-refractivity contribution in [3.8, 4) is 5.75 Å². The Balaban J connectivity index is 1.98. The van der Waals surface area contributed by atoms with Crippen LogP contribution in [0.5, 0.6) is 5.75 Å². The number of hydrogen-bond acceptors (Lipinski definition) is 3. The molecular weight excluding hydrogens is 619 g/mol. The lowest BCUT2D eigenvalue weighted by molar-refractivity contribution is -0.253. The molecular formula is C31H21F9N2O3. The van der Waals surface area contributed by atoms with Gasteiger partial charge in [0, 0.05) is 23.6 Å². The quantitative estimate of drug-likeness (QED) is 0.180. The fourth-order valence-electron chi connectivity index (χ4n) is 4.60. The molecule has 0 saturated carbocycles. The first-order valence-corrected chi connectivity index (χ1v) is 12.8. The molecule has 0 saturated heterocycles. The van der Waals surface area contributed by atoms with Crippen LogP contribution in [0.1, 0.15) is 43.0 Å². The monoisotopic (exact) mass is 640 g/mol. The summed E-state index contributed by atoms with van der Waals surface area (Å²) in [5.41, 5.74) is 0.854. The number of rotatable bonds is 10. The number of nitrogens with two attached hydrogens (primary N) is 1. The summed E-state index contributed by atoms with van der Waals surface area (Å²) in [4.78, 5) is 25.4. The van der Waals surface area contributed by atoms with Crippen LogP contribution in [0.4, 0.5) is 39.5 Å². The number of hydrogen-bond donors (Lipinski definition) is 2. The van der Waals surface area contributed by atoms with E-state index in [1.54, 1.807) is 30.3 Å². The van der Waals surface area contributed by atoms with E-state index in [1.807, 2.05) is 0 Å². The van der Waals surface area contributed by atoms with E-state index in [-0.39, 0.29) is 29.2 Å². The van der Waals surface area contributed by atoms with Crippen LogP contribution in [0.25, 0.3) is 0 Å². The van der Waals surface area contributed by atoms with Gasteiger partial charge in [-0.3, -0.25) is 9.59 Å². The first kappa shape index (κ1) is 32.9. The Bertz CT molecular complexity index is 1700. The van der Waals surface area contributed by atoms with Gasteiger partial charge in [-0.1, -0.05) is 42.5 Å². The highest BCUT2D eigenvalue weighted by atomic mass is 19.4. The average molecular weight is 641 g/mol. The van der Waals surface area contributed by atoms with Gasteiger partial charge in [0.1, 0.15) is 17.4 Å². The number of alkyl halides is 7. The van der Waals surface area contributed by atoms with Gasteiger partial charge in [-0.25, -0.2) is 8.78 Å². The van der Waals surface area contributed by atoms with Crippen LogP contribution in [0.15, 0.2) is 91.0 Å². The minimum absolute atomic E-state index is 0.0214. The predicted octanol–water partition coefficient (Wildman–Crippen LogP) is 7.24. The van der Waals surface area contributed by atoms with Gasteiger partial charge in [-0.05, 0) is 59.2 Å². The van der Waals surface area contributed by atoms with Crippen LogP contribution in [-0.2, 0) is 18.1 Å². The minimum Gasteiger partial charge on any atom is -0.428 e. The normalized spacial score (nSPS) is 13.3. The van der Waals surface area contributed by atoms with Crippen molar-refractivity contribution in [1.82, 2.24) is 5.32 Å². The summed E-state index contributed by atoms with van der Waals surface area (Å²) >= 11 is 0. The number of carbonyl (C=O) groups is 2. The van der Waals surface area contributed by atoms with Crippen molar-refractivity contribution >= 4 is 11.8 Å². The van der Waals surface area contributed by atoms with Crippen LogP contribution < -0.4 is 15.8 Å². The molecule has 0 aromatic heterocycles. The zero-order valence-electron chi connectivity index (χ0n) is 22.6. The molecule has 3 N–H and O–H groups in total. The number of ether oxygens (including phenoxy) is 1. The topological polar surface area (TPSA) is 81.4 Å². The summed E-state index contributed by atoms with van der Waals surface area (Å²) in [6.45, 7) is 0. The first-order valence-electron chi connectivity index (χ1n) is 12.8. The Hall–Kier alpha value is -5.01. The van der Waals surface area contributed by atoms with E-state index in [1.165, 1.54) is 24.3 Å². The molecule has 0 aliphatic heterocycles. The Morgan fingerprint density at radius 2 is 1.40 bits per heavy atom. The fraction of sp³-hybridized carbons (Fsp3) is 0.161. The number of halogens is 9. The van der Waals surface area contributed by atoms with Gasteiger partial charge in [-0.2, -0.15) is 30.7 Å². The van der Waals surface area contributed by atoms with Gasteiger partial charge in [0.2, 0.25) is 5.91 Å². The predicted molar refractivity (Wildman–Crippen MR) is 143 cm³/mol. The van der Waals surface area contributed by atoms with Crippen LogP contribution in [0.2, 0.25) is 0 Å². The zero-order chi connectivity index (χ0) is 33.2. The highest BCUT2D eigenvalue weighted by Gasteiger charge is 2.45. The van der Waals surface area contributed by atoms with Crippen LogP contribution in [0.3, 0.4) is 0 Å². The van der Waals surface area contributed by atoms with Crippen molar-refractivity contribution in [1.29, 1.82) is 0 Å². The molecule has 0 fully saturated rings. The largest absolute Gasteiger partial charge is 0.461 e. The van der Waals surface area contributed by atoms with E-state index in [0.29, 0.717) is 17.7 Å². The second-order valence-corrected chi connectivity index (χ2v) is 9.80. The second-order valence-electron chi connectivity index (χ2n) is 9.80. The van der Waals surface area contributed by atoms with Crippen molar-refractivity contribution in [2.24, 2.45) is 5.73 Å². The third-order valence-electron chi connectivity index (χ3n) is 6.71. The molecule has 14 heteroatoms. The number of primary amides is 1. The Morgan fingerprint density at radius 1 is 0.778 bits per heavy atom. The van der Waals surface area contributed by atoms with E-state index >= 15 is 0 Å². The SMILES string of the molecule is NC(=O)c1ccc([C@@](Cc2ccccc2)(NC(=O)c2ccc(F)c(C(F)(F)F)c2)c2cc(F)cc(OC(F)(F)C(F)F)c2)cc1. The summed E-state index contributed by atoms with van der Waals surface area (Å²) in [5.74, 6) is -6.12. The maximum absolute atomic E-state index is 15.0. The smallest absolute Gasteiger partial charge is 0.428 e. The van der Waals surface area contributed by atoms with Gasteiger partial charge >= 0.3 is 18.7 Å². The van der Waals surface area contributed by atoms with E-state index < -0.39 is 64.6 Å². The molecule has 5 nitrogen and oxygen atoms in total. The highest BCUT2D eigenvalue weighted by molar-refractivity contribution is 5.95. The molecule has 0 aliphatic rings. The van der Waals surface area contributed by atoms with E-state index in [0.717, 1.165) is 18.2 Å². The molecule has 4 aromatic rings. The van der Waals surface area contributed by atoms with E-state index in [2.05, 4.69) is 10.1 Å². The number of amides is 2. The average Bonchev–Trinajstić information content (AvgIpc) is 2.96. The van der Waals surface area contributed by atoms with Gasteiger partial charge in [-0.15, -0.1) is 0 Å². The molecule has 0 bridgehead atoms. The third kappa shape index (κ3) is 7.39. The lowest BCUT2D eigenvalue weighted by Gasteiger charge is -2.37. The van der Waals surface area contributed by atoms with Gasteiger partial charge < -0.3 is 15.8 Å². The summed E-state index contributed by atoms with van der Waals surface area (Å²) in [6, 6.07) is 16.2. The fourth-order valence-corrected chi connectivity index (χ4v) is 4.60. The summed E-state index contributed by atoms with van der Waals surface area (Å²) in [6.07, 6.45) is -14.9. The molecule has 1 atom stereocenters. The number of carbonyl (C=O) groups excluding carboxylic acids is 2. The van der Waals surface area contributed by atoms with Crippen molar-refractivity contribution < 1.29 is 53.8 Å². The molecule has 0 radical (unpaired) electrons. The third-order valence-corrected chi connectivity index (χ3v) is 6.71. The van der Waals surface area contributed by atoms with Crippen molar-refractivity contribution in [3.63, 3.8) is 0 Å². The molecule has 2 amide bonds. The van der Waals surface area contributed by atoms with Gasteiger partial charge in [0.15, 0.2) is 0 Å². The second kappa shape index (κ2) is 12.5. The molecule has 45 heavy (non-hydrogen) atoms. The highest BCUT2D eigenvalue weighted by Crippen LogP contribution is 2.39. The molecule has 236 valence electrons. The zero-order valence-corrected chi connectivity index (χ0v) is 22.6. The minimum atomic E-state index is -5.18. The molecule has 0 aliphatic carbocycles. The number of nitrogens with one attached hydrogen (secondary N) is 1. The van der Waals surface area contributed by atoms with E-state index in [9.17, 15) is 49.1 Å². The van der Waals surface area contributed by atoms with Crippen molar-refractivity contribution in [3.05, 3.63) is 136 Å². The maximum Gasteiger partial charge on any atom is 0.461 e. The molecule has 0 heterocycles. The van der Waals surface area contributed by atoms with E-state index in [4.69, 9.17) is 5.73 Å². The summed E-state index contributed by atoms with van der Waals surface area (Å²) in [5, 5.41) is 2.51. The lowest BCUT2D eigenvalue weighted by atomic mass is 9.77. The lowest BCUT2D eigenvalue weighted by Crippen LogP contribution is -2.49. The summed E-state index contributed by atoms with van der Waals surface area (Å²) in [7, 11) is 0. The molecule has 4 aromatic carbocycles. The van der Waals surface area contributed by atoms with Crippen LogP contribution in [0, 0.1) is 11.6 Å². The van der Waals surface area contributed by atoms with Crippen molar-refractivity contribution in [2.45, 2.75) is 30.7 Å². The number of benzene rings is 4. The Labute approximate surface area is 249 Å². The maximum atomic E-state index is 15.0. The molecule has 0 unspecified atom stereocenters. The molecule has 4 rings (SSSR count). The Kier molecular flexibility index (Phi) is 9.17. The molecule has 0 spiro atoms. The van der Waals surface area contributed by atoms with Gasteiger partial charge in [0.05, 0.1) is 11.1 Å². The first-order chi connectivity index (χ1) is 21.0. The standard InChI is InChI=1S/C31H21F9N2O3/c32-22-13-21(14-23(15-22)45-31(39,40)28(34)35)29(16-17-4-2-1-3-5-17,20-9-6-18(7-10-20)26(41)43)42-27(44)19-8-11-25(33)24(12-19)30(36,37)38/h1-15,28H,16H2,(H2,41,43)(H,42,44)/t29-/m1/s1. The Morgan fingerprint density at radius 3 is 1.98 bits per heavy atom.